The molecule has 1 aromatic heterocycles. The fourth-order valence-corrected chi connectivity index (χ4v) is 1.03. The predicted molar refractivity (Wildman–Crippen MR) is 54.5 cm³/mol. The number of aliphatic hydroxyl groups excluding tert-OH is 1. The van der Waals surface area contributed by atoms with Crippen LogP contribution in [0, 0.1) is 0 Å². The second kappa shape index (κ2) is 8.71. The Morgan fingerprint density at radius 1 is 1.42 bits per heavy atom. The van der Waals surface area contributed by atoms with Gasteiger partial charge in [0.1, 0.15) is 0 Å². The highest BCUT2D eigenvalue weighted by Gasteiger charge is 1.89. The zero-order valence-electron chi connectivity index (χ0n) is 7.66. The molecule has 0 aliphatic carbocycles. The van der Waals surface area contributed by atoms with Crippen molar-refractivity contribution in [1.29, 1.82) is 0 Å². The Balaban J connectivity index is 0.000000211. The van der Waals surface area contributed by atoms with Gasteiger partial charge in [0.15, 0.2) is 0 Å². The van der Waals surface area contributed by atoms with Crippen LogP contribution in [0.25, 0.3) is 0 Å². The third kappa shape index (κ3) is 9.62. The first-order valence-electron chi connectivity index (χ1n) is 4.07. The van der Waals surface area contributed by atoms with Crippen LogP contribution in [0.3, 0.4) is 0 Å². The van der Waals surface area contributed by atoms with E-state index in [-0.39, 0.29) is 6.10 Å². The standard InChI is InChI=1S/C5H13NO.C4H4S/c1-5(7)3-4-6-2;1-2-4-5-3-1/h5-7H,3-4H2,1-2H3;1-4H. The van der Waals surface area contributed by atoms with Gasteiger partial charge in [0.2, 0.25) is 0 Å². The van der Waals surface area contributed by atoms with Crippen LogP contribution in [-0.4, -0.2) is 24.8 Å². The van der Waals surface area contributed by atoms with Gasteiger partial charge in [-0.15, -0.1) is 0 Å². The lowest BCUT2D eigenvalue weighted by Gasteiger charge is -1.99. The van der Waals surface area contributed by atoms with Gasteiger partial charge in [0, 0.05) is 0 Å². The number of nitrogens with one attached hydrogen (secondary N) is 1. The molecule has 0 amide bonds. The molecule has 1 aromatic rings. The molecule has 3 heteroatoms. The SMILES string of the molecule is CNCCC(C)O.c1ccsc1. The number of hydrogen-bond acceptors (Lipinski definition) is 3. The molecule has 2 N–H and O–H groups in total. The summed E-state index contributed by atoms with van der Waals surface area (Å²) in [7, 11) is 1.88. The van der Waals surface area contributed by atoms with Crippen molar-refractivity contribution in [2.45, 2.75) is 19.4 Å². The molecule has 0 spiro atoms. The summed E-state index contributed by atoms with van der Waals surface area (Å²) < 4.78 is 0. The Kier molecular flexibility index (Phi) is 8.44. The van der Waals surface area contributed by atoms with Gasteiger partial charge in [-0.3, -0.25) is 0 Å². The van der Waals surface area contributed by atoms with E-state index in [0.29, 0.717) is 0 Å². The minimum absolute atomic E-state index is 0.160. The van der Waals surface area contributed by atoms with Crippen molar-refractivity contribution in [2.75, 3.05) is 13.6 Å². The van der Waals surface area contributed by atoms with E-state index in [4.69, 9.17) is 5.11 Å². The maximum atomic E-state index is 8.64. The van der Waals surface area contributed by atoms with Gasteiger partial charge in [0.05, 0.1) is 6.10 Å². The van der Waals surface area contributed by atoms with Gasteiger partial charge in [-0.05, 0) is 37.7 Å². The summed E-state index contributed by atoms with van der Waals surface area (Å²) in [6, 6.07) is 4.04. The normalized spacial score (nSPS) is 11.6. The summed E-state index contributed by atoms with van der Waals surface area (Å²) in [5.41, 5.74) is 0. The van der Waals surface area contributed by atoms with E-state index in [2.05, 4.69) is 5.32 Å². The minimum Gasteiger partial charge on any atom is -0.393 e. The van der Waals surface area contributed by atoms with Crippen LogP contribution in [-0.2, 0) is 0 Å². The van der Waals surface area contributed by atoms with Crippen molar-refractivity contribution in [3.8, 4) is 0 Å². The molecule has 0 aliphatic rings. The summed E-state index contributed by atoms with van der Waals surface area (Å²) in [4.78, 5) is 0. The predicted octanol–water partition coefficient (Wildman–Crippen LogP) is 1.72. The Bertz CT molecular complexity index is 134. The molecule has 0 radical (unpaired) electrons. The topological polar surface area (TPSA) is 32.3 Å². The van der Waals surface area contributed by atoms with E-state index < -0.39 is 0 Å². The van der Waals surface area contributed by atoms with Crippen molar-refractivity contribution < 1.29 is 5.11 Å². The molecule has 0 aromatic carbocycles. The lowest BCUT2D eigenvalue weighted by atomic mass is 10.3. The second-order valence-electron chi connectivity index (χ2n) is 2.53. The molecular formula is C9H17NOS. The van der Waals surface area contributed by atoms with E-state index >= 15 is 0 Å². The zero-order valence-corrected chi connectivity index (χ0v) is 8.47. The molecule has 0 fully saturated rings. The average molecular weight is 187 g/mol. The summed E-state index contributed by atoms with van der Waals surface area (Å²) in [5.74, 6) is 0. The summed E-state index contributed by atoms with van der Waals surface area (Å²) in [6.07, 6.45) is 0.684. The quantitative estimate of drug-likeness (QED) is 0.755. The Morgan fingerprint density at radius 3 is 2.17 bits per heavy atom. The Hall–Kier alpha value is -0.380. The molecule has 0 bridgehead atoms. The molecule has 12 heavy (non-hydrogen) atoms. The van der Waals surface area contributed by atoms with Crippen molar-refractivity contribution in [3.63, 3.8) is 0 Å². The summed E-state index contributed by atoms with van der Waals surface area (Å²) in [5, 5.41) is 15.7. The van der Waals surface area contributed by atoms with Crippen LogP contribution in [0.2, 0.25) is 0 Å². The van der Waals surface area contributed by atoms with Crippen molar-refractivity contribution >= 4 is 11.3 Å². The first-order chi connectivity index (χ1) is 5.77. The van der Waals surface area contributed by atoms with Gasteiger partial charge in [-0.1, -0.05) is 12.1 Å². The fraction of sp³-hybridized carbons (Fsp3) is 0.556. The highest BCUT2D eigenvalue weighted by atomic mass is 32.1. The molecule has 1 atom stereocenters. The minimum atomic E-state index is -0.160. The van der Waals surface area contributed by atoms with Crippen LogP contribution >= 0.6 is 11.3 Å². The van der Waals surface area contributed by atoms with Crippen LogP contribution in [0.1, 0.15) is 13.3 Å². The molecule has 0 aliphatic heterocycles. The molecular weight excluding hydrogens is 170 g/mol. The monoisotopic (exact) mass is 187 g/mol. The summed E-state index contributed by atoms with van der Waals surface area (Å²) in [6.45, 7) is 2.69. The van der Waals surface area contributed by atoms with E-state index in [9.17, 15) is 0 Å². The first kappa shape index (κ1) is 11.6. The van der Waals surface area contributed by atoms with Crippen molar-refractivity contribution in [2.24, 2.45) is 0 Å². The van der Waals surface area contributed by atoms with Crippen LogP contribution < -0.4 is 5.32 Å². The lowest BCUT2D eigenvalue weighted by molar-refractivity contribution is 0.184. The third-order valence-electron chi connectivity index (χ3n) is 1.24. The van der Waals surface area contributed by atoms with Crippen LogP contribution in [0.4, 0.5) is 0 Å². The van der Waals surface area contributed by atoms with Gasteiger partial charge in [0.25, 0.3) is 0 Å². The van der Waals surface area contributed by atoms with E-state index in [1.165, 1.54) is 0 Å². The fourth-order valence-electron chi connectivity index (χ4n) is 0.580. The van der Waals surface area contributed by atoms with Crippen LogP contribution in [0.5, 0.6) is 0 Å². The maximum absolute atomic E-state index is 8.64. The van der Waals surface area contributed by atoms with E-state index in [1.54, 1.807) is 18.3 Å². The second-order valence-corrected chi connectivity index (χ2v) is 3.35. The van der Waals surface area contributed by atoms with Gasteiger partial charge < -0.3 is 10.4 Å². The molecule has 1 heterocycles. The number of rotatable bonds is 3. The molecule has 2 nitrogen and oxygen atoms in total. The van der Waals surface area contributed by atoms with Gasteiger partial charge >= 0.3 is 0 Å². The number of aliphatic hydroxyl groups is 1. The molecule has 70 valence electrons. The Labute approximate surface area is 78.2 Å². The molecule has 1 rings (SSSR count). The largest absolute Gasteiger partial charge is 0.393 e. The lowest BCUT2D eigenvalue weighted by Crippen LogP contribution is -2.13. The molecule has 0 saturated heterocycles. The van der Waals surface area contributed by atoms with E-state index in [1.807, 2.05) is 29.9 Å². The first-order valence-corrected chi connectivity index (χ1v) is 5.01. The Morgan fingerprint density at radius 2 is 2.00 bits per heavy atom. The smallest absolute Gasteiger partial charge is 0.0524 e. The highest BCUT2D eigenvalue weighted by Crippen LogP contribution is 1.91. The van der Waals surface area contributed by atoms with E-state index in [0.717, 1.165) is 13.0 Å². The van der Waals surface area contributed by atoms with Crippen LogP contribution in [0.15, 0.2) is 22.9 Å². The highest BCUT2D eigenvalue weighted by molar-refractivity contribution is 7.07. The number of thiophene rings is 1. The van der Waals surface area contributed by atoms with Crippen molar-refractivity contribution in [3.05, 3.63) is 22.9 Å². The van der Waals surface area contributed by atoms with Gasteiger partial charge in [-0.25, -0.2) is 0 Å². The van der Waals surface area contributed by atoms with Gasteiger partial charge in [-0.2, -0.15) is 11.3 Å². The third-order valence-corrected chi connectivity index (χ3v) is 1.87. The molecule has 1 unspecified atom stereocenters. The zero-order chi connectivity index (χ0) is 9.23. The molecule has 0 saturated carbocycles. The number of hydrogen-bond donors (Lipinski definition) is 2. The average Bonchev–Trinajstić information content (AvgIpc) is 2.57. The summed E-state index contributed by atoms with van der Waals surface area (Å²) >= 11 is 1.71. The maximum Gasteiger partial charge on any atom is 0.0524 e. The van der Waals surface area contributed by atoms with Crippen molar-refractivity contribution in [1.82, 2.24) is 5.32 Å².